The molecule has 0 spiro atoms. The SMILES string of the molecule is O=C1c2ccc(Cl)cc2C(=O)N1Cl. The first kappa shape index (κ1) is 8.53. The lowest BCUT2D eigenvalue weighted by Gasteiger charge is -1.97. The van der Waals surface area contributed by atoms with Gasteiger partial charge in [-0.3, -0.25) is 9.59 Å². The number of fused-ring (bicyclic) bond motifs is 1. The van der Waals surface area contributed by atoms with Crippen LogP contribution in [0.4, 0.5) is 0 Å². The predicted octanol–water partition coefficient (Wildman–Crippen LogP) is 2.09. The van der Waals surface area contributed by atoms with Crippen LogP contribution in [0.25, 0.3) is 0 Å². The van der Waals surface area contributed by atoms with Gasteiger partial charge in [-0.05, 0) is 18.2 Å². The van der Waals surface area contributed by atoms with Crippen molar-refractivity contribution < 1.29 is 9.59 Å². The molecule has 13 heavy (non-hydrogen) atoms. The van der Waals surface area contributed by atoms with Gasteiger partial charge < -0.3 is 0 Å². The van der Waals surface area contributed by atoms with Crippen LogP contribution >= 0.6 is 23.4 Å². The van der Waals surface area contributed by atoms with Crippen LogP contribution in [0.1, 0.15) is 20.7 Å². The average molecular weight is 216 g/mol. The minimum Gasteiger partial charge on any atom is -0.267 e. The topological polar surface area (TPSA) is 37.4 Å². The summed E-state index contributed by atoms with van der Waals surface area (Å²) >= 11 is 11.1. The highest BCUT2D eigenvalue weighted by Gasteiger charge is 2.34. The molecule has 0 fully saturated rings. The third-order valence-electron chi connectivity index (χ3n) is 1.80. The number of nitrogens with zero attached hydrogens (tertiary/aromatic N) is 1. The van der Waals surface area contributed by atoms with Crippen LogP contribution in [0.2, 0.25) is 5.02 Å². The fraction of sp³-hybridized carbons (Fsp3) is 0. The minimum atomic E-state index is -0.524. The first-order chi connectivity index (χ1) is 6.11. The minimum absolute atomic E-state index is 0.257. The maximum atomic E-state index is 11.3. The van der Waals surface area contributed by atoms with Crippen molar-refractivity contribution in [1.29, 1.82) is 0 Å². The lowest BCUT2D eigenvalue weighted by atomic mass is 10.1. The smallest absolute Gasteiger partial charge is 0.267 e. The number of amides is 2. The van der Waals surface area contributed by atoms with Gasteiger partial charge in [-0.2, -0.15) is 4.42 Å². The zero-order valence-electron chi connectivity index (χ0n) is 6.25. The molecule has 2 rings (SSSR count). The first-order valence-electron chi connectivity index (χ1n) is 3.45. The van der Waals surface area contributed by atoms with Crippen LogP contribution in [0.15, 0.2) is 18.2 Å². The number of halogens is 2. The molecule has 1 aliphatic heterocycles. The highest BCUT2D eigenvalue weighted by Crippen LogP contribution is 2.26. The normalized spacial score (nSPS) is 15.1. The van der Waals surface area contributed by atoms with Crippen LogP contribution < -0.4 is 0 Å². The summed E-state index contributed by atoms with van der Waals surface area (Å²) in [4.78, 5) is 22.5. The molecule has 2 amide bonds. The molecular formula is C8H3Cl2NO2. The highest BCUT2D eigenvalue weighted by molar-refractivity contribution is 6.40. The molecule has 1 aromatic carbocycles. The summed E-state index contributed by atoms with van der Waals surface area (Å²) in [6, 6.07) is 4.46. The summed E-state index contributed by atoms with van der Waals surface area (Å²) in [5.41, 5.74) is 0.553. The van der Waals surface area contributed by atoms with Gasteiger partial charge in [0.05, 0.1) is 11.1 Å². The Morgan fingerprint density at radius 3 is 2.38 bits per heavy atom. The Kier molecular flexibility index (Phi) is 1.78. The summed E-state index contributed by atoms with van der Waals surface area (Å²) in [6.45, 7) is 0. The number of carbonyl (C=O) groups excluding carboxylic acids is 2. The van der Waals surface area contributed by atoms with E-state index in [0.717, 1.165) is 0 Å². The van der Waals surface area contributed by atoms with Gasteiger partial charge in [0.1, 0.15) is 0 Å². The van der Waals surface area contributed by atoms with Gasteiger partial charge in [0.25, 0.3) is 11.8 Å². The fourth-order valence-corrected chi connectivity index (χ4v) is 1.54. The number of hydrogen-bond acceptors (Lipinski definition) is 2. The number of benzene rings is 1. The van der Waals surface area contributed by atoms with E-state index >= 15 is 0 Å². The lowest BCUT2D eigenvalue weighted by Crippen LogP contribution is -2.18. The van der Waals surface area contributed by atoms with E-state index in [-0.39, 0.29) is 5.56 Å². The molecule has 0 bridgehead atoms. The molecule has 5 heteroatoms. The lowest BCUT2D eigenvalue weighted by molar-refractivity contribution is 0.0767. The Bertz CT molecular complexity index is 417. The molecule has 0 saturated heterocycles. The Balaban J connectivity index is 2.67. The van der Waals surface area contributed by atoms with Gasteiger partial charge in [0.2, 0.25) is 0 Å². The van der Waals surface area contributed by atoms with Gasteiger partial charge >= 0.3 is 0 Å². The van der Waals surface area contributed by atoms with Gasteiger partial charge in [0, 0.05) is 16.8 Å². The monoisotopic (exact) mass is 215 g/mol. The fourth-order valence-electron chi connectivity index (χ4n) is 1.18. The van der Waals surface area contributed by atoms with Crippen molar-refractivity contribution in [2.45, 2.75) is 0 Å². The van der Waals surface area contributed by atoms with Crippen molar-refractivity contribution in [3.8, 4) is 0 Å². The molecule has 0 saturated carbocycles. The predicted molar refractivity (Wildman–Crippen MR) is 47.8 cm³/mol. The van der Waals surface area contributed by atoms with E-state index in [1.54, 1.807) is 6.07 Å². The summed E-state index contributed by atoms with van der Waals surface area (Å²) in [5, 5.41) is 0.409. The van der Waals surface area contributed by atoms with E-state index in [9.17, 15) is 9.59 Å². The van der Waals surface area contributed by atoms with E-state index in [1.165, 1.54) is 12.1 Å². The third-order valence-corrected chi connectivity index (χ3v) is 2.34. The molecule has 3 nitrogen and oxygen atoms in total. The van der Waals surface area contributed by atoms with Gasteiger partial charge in [-0.25, -0.2) is 0 Å². The molecule has 66 valence electrons. The second-order valence-electron chi connectivity index (χ2n) is 2.58. The molecule has 0 atom stereocenters. The van der Waals surface area contributed by atoms with E-state index < -0.39 is 11.8 Å². The Morgan fingerprint density at radius 2 is 1.69 bits per heavy atom. The quantitative estimate of drug-likeness (QED) is 0.491. The van der Waals surface area contributed by atoms with Crippen molar-refractivity contribution in [3.05, 3.63) is 34.3 Å². The van der Waals surface area contributed by atoms with Crippen LogP contribution in [0, 0.1) is 0 Å². The molecule has 0 N–H and O–H groups in total. The second kappa shape index (κ2) is 2.72. The largest absolute Gasteiger partial charge is 0.276 e. The number of rotatable bonds is 0. The van der Waals surface area contributed by atoms with Crippen LogP contribution in [0.5, 0.6) is 0 Å². The maximum absolute atomic E-state index is 11.3. The summed E-state index contributed by atoms with van der Waals surface area (Å²) in [6.07, 6.45) is 0. The van der Waals surface area contributed by atoms with Crippen LogP contribution in [0.3, 0.4) is 0 Å². The Labute approximate surface area is 84.0 Å². The summed E-state index contributed by atoms with van der Waals surface area (Å²) in [5.74, 6) is -1.03. The molecule has 1 aliphatic rings. The molecule has 0 unspecified atom stereocenters. The number of carbonyl (C=O) groups is 2. The van der Waals surface area contributed by atoms with Crippen molar-refractivity contribution >= 4 is 35.2 Å². The van der Waals surface area contributed by atoms with E-state index in [4.69, 9.17) is 23.4 Å². The average Bonchev–Trinajstić information content (AvgIpc) is 2.32. The zero-order valence-corrected chi connectivity index (χ0v) is 7.76. The van der Waals surface area contributed by atoms with Crippen LogP contribution in [-0.2, 0) is 0 Å². The van der Waals surface area contributed by atoms with E-state index in [2.05, 4.69) is 0 Å². The van der Waals surface area contributed by atoms with Crippen molar-refractivity contribution in [2.24, 2.45) is 0 Å². The maximum Gasteiger partial charge on any atom is 0.276 e. The summed E-state index contributed by atoms with van der Waals surface area (Å²) < 4.78 is 0.557. The van der Waals surface area contributed by atoms with E-state index in [0.29, 0.717) is 15.0 Å². The second-order valence-corrected chi connectivity index (χ2v) is 3.36. The molecular weight excluding hydrogens is 213 g/mol. The molecule has 1 aromatic rings. The third kappa shape index (κ3) is 1.12. The zero-order chi connectivity index (χ0) is 9.59. The van der Waals surface area contributed by atoms with E-state index in [1.807, 2.05) is 0 Å². The molecule has 0 aromatic heterocycles. The summed E-state index contributed by atoms with van der Waals surface area (Å²) in [7, 11) is 0. The van der Waals surface area contributed by atoms with Crippen LogP contribution in [-0.4, -0.2) is 16.2 Å². The van der Waals surface area contributed by atoms with Crippen molar-refractivity contribution in [1.82, 2.24) is 4.42 Å². The first-order valence-corrected chi connectivity index (χ1v) is 4.17. The Hall–Kier alpha value is -1.06. The van der Waals surface area contributed by atoms with Gasteiger partial charge in [-0.15, -0.1) is 0 Å². The van der Waals surface area contributed by atoms with Gasteiger partial charge in [-0.1, -0.05) is 11.6 Å². The number of imide groups is 1. The molecule has 0 aliphatic carbocycles. The highest BCUT2D eigenvalue weighted by atomic mass is 35.5. The molecule has 0 radical (unpaired) electrons. The van der Waals surface area contributed by atoms with Crippen molar-refractivity contribution in [2.75, 3.05) is 0 Å². The van der Waals surface area contributed by atoms with Gasteiger partial charge in [0.15, 0.2) is 0 Å². The molecule has 1 heterocycles. The standard InChI is InChI=1S/C8H3Cl2NO2/c9-4-1-2-5-6(3-4)8(13)11(10)7(5)12/h1-3H. The Morgan fingerprint density at radius 1 is 1.08 bits per heavy atom. The van der Waals surface area contributed by atoms with Crippen molar-refractivity contribution in [3.63, 3.8) is 0 Å². The number of hydrogen-bond donors (Lipinski definition) is 0.